The van der Waals surface area contributed by atoms with Crippen molar-refractivity contribution >= 4 is 33.4 Å². The zero-order chi connectivity index (χ0) is 18.8. The van der Waals surface area contributed by atoms with E-state index in [1.807, 2.05) is 26.0 Å². The quantitative estimate of drug-likeness (QED) is 0.781. The van der Waals surface area contributed by atoms with Crippen LogP contribution in [0.5, 0.6) is 0 Å². The van der Waals surface area contributed by atoms with Gasteiger partial charge >= 0.3 is 0 Å². The fourth-order valence-electron chi connectivity index (χ4n) is 3.06. The van der Waals surface area contributed by atoms with E-state index in [4.69, 9.17) is 0 Å². The molecule has 4 nitrogen and oxygen atoms in total. The predicted octanol–water partition coefficient (Wildman–Crippen LogP) is 4.33. The van der Waals surface area contributed by atoms with Gasteiger partial charge in [-0.2, -0.15) is 0 Å². The molecule has 1 atom stereocenters. The average molecular weight is 417 g/mol. The number of halogens is 2. The molecule has 2 aromatic carbocycles. The van der Waals surface area contributed by atoms with Gasteiger partial charge in [0.15, 0.2) is 0 Å². The van der Waals surface area contributed by atoms with Crippen LogP contribution in [0.1, 0.15) is 29.0 Å². The van der Waals surface area contributed by atoms with Crippen molar-refractivity contribution < 1.29 is 14.0 Å². The van der Waals surface area contributed by atoms with Gasteiger partial charge < -0.3 is 10.6 Å². The third-order valence-corrected chi connectivity index (χ3v) is 5.39. The van der Waals surface area contributed by atoms with Crippen molar-refractivity contribution in [2.45, 2.75) is 26.2 Å². The van der Waals surface area contributed by atoms with Crippen LogP contribution in [0.2, 0.25) is 0 Å². The fourth-order valence-corrected chi connectivity index (χ4v) is 3.39. The van der Waals surface area contributed by atoms with Crippen LogP contribution in [-0.4, -0.2) is 11.8 Å². The minimum Gasteiger partial charge on any atom is -0.332 e. The molecule has 1 heterocycles. The number of amides is 2. The second-order valence-corrected chi connectivity index (χ2v) is 7.17. The lowest BCUT2D eigenvalue weighted by molar-refractivity contribution is -0.121. The number of rotatable bonds is 3. The highest BCUT2D eigenvalue weighted by atomic mass is 79.9. The van der Waals surface area contributed by atoms with Crippen LogP contribution in [-0.2, 0) is 9.59 Å². The van der Waals surface area contributed by atoms with E-state index in [9.17, 15) is 14.0 Å². The van der Waals surface area contributed by atoms with Crippen molar-refractivity contribution in [1.82, 2.24) is 5.32 Å². The Balaban J connectivity index is 1.91. The van der Waals surface area contributed by atoms with Crippen molar-refractivity contribution in [3.05, 3.63) is 75.2 Å². The molecule has 2 amide bonds. The molecular weight excluding hydrogens is 399 g/mol. The van der Waals surface area contributed by atoms with Crippen LogP contribution >= 0.6 is 15.9 Å². The first-order valence-corrected chi connectivity index (χ1v) is 8.97. The van der Waals surface area contributed by atoms with Gasteiger partial charge in [-0.25, -0.2) is 4.39 Å². The molecule has 0 fully saturated rings. The van der Waals surface area contributed by atoms with E-state index < -0.39 is 5.92 Å². The van der Waals surface area contributed by atoms with E-state index >= 15 is 0 Å². The highest BCUT2D eigenvalue weighted by Crippen LogP contribution is 2.33. The van der Waals surface area contributed by atoms with Gasteiger partial charge in [-0.15, -0.1) is 0 Å². The third-order valence-electron chi connectivity index (χ3n) is 4.34. The lowest BCUT2D eigenvalue weighted by Gasteiger charge is -2.24. The monoisotopic (exact) mass is 416 g/mol. The first kappa shape index (κ1) is 18.3. The molecule has 0 spiro atoms. The van der Waals surface area contributed by atoms with E-state index in [2.05, 4.69) is 26.6 Å². The average Bonchev–Trinajstić information content (AvgIpc) is 2.59. The molecule has 0 aliphatic carbocycles. The minimum absolute atomic E-state index is 0.138. The number of carbonyl (C=O) groups is 2. The largest absolute Gasteiger partial charge is 0.332 e. The second kappa shape index (κ2) is 7.41. The molecule has 1 aliphatic rings. The van der Waals surface area contributed by atoms with Crippen molar-refractivity contribution in [2.24, 2.45) is 0 Å². The van der Waals surface area contributed by atoms with E-state index in [0.29, 0.717) is 11.3 Å². The summed E-state index contributed by atoms with van der Waals surface area (Å²) in [5, 5.41) is 5.51. The Morgan fingerprint density at radius 3 is 2.62 bits per heavy atom. The van der Waals surface area contributed by atoms with Gasteiger partial charge in [-0.05, 0) is 64.7 Å². The highest BCUT2D eigenvalue weighted by Gasteiger charge is 2.29. The summed E-state index contributed by atoms with van der Waals surface area (Å²) in [6, 6.07) is 9.76. The maximum atomic E-state index is 13.2. The Bertz CT molecular complexity index is 907. The smallest absolute Gasteiger partial charge is 0.253 e. The normalized spacial score (nSPS) is 16.7. The highest BCUT2D eigenvalue weighted by molar-refractivity contribution is 9.10. The standard InChI is InChI=1S/C20H18BrFN2O2/c1-11-7-12(2)19(21)17(8-11)24-20(26)16-10-23-18(25)9-15(16)13-3-5-14(22)6-4-13/h3-8,10,15H,9H2,1-2H3,(H,23,25)(H,24,26)/t15-/m0/s1. The maximum absolute atomic E-state index is 13.2. The van der Waals surface area contributed by atoms with E-state index in [1.54, 1.807) is 12.1 Å². The second-order valence-electron chi connectivity index (χ2n) is 6.37. The number of benzene rings is 2. The van der Waals surface area contributed by atoms with Gasteiger partial charge in [-0.3, -0.25) is 9.59 Å². The number of anilines is 1. The molecule has 6 heteroatoms. The number of hydrogen-bond donors (Lipinski definition) is 2. The molecule has 2 N–H and O–H groups in total. The molecule has 0 unspecified atom stereocenters. The first-order valence-electron chi connectivity index (χ1n) is 8.18. The summed E-state index contributed by atoms with van der Waals surface area (Å²) < 4.78 is 14.0. The summed E-state index contributed by atoms with van der Waals surface area (Å²) in [5.41, 5.74) is 3.87. The van der Waals surface area contributed by atoms with Crippen LogP contribution in [0.4, 0.5) is 10.1 Å². The van der Waals surface area contributed by atoms with Crippen LogP contribution in [0, 0.1) is 19.7 Å². The van der Waals surface area contributed by atoms with Crippen molar-refractivity contribution in [3.63, 3.8) is 0 Å². The molecule has 0 saturated carbocycles. The molecular formula is C20H18BrFN2O2. The molecule has 3 rings (SSSR count). The Hall–Kier alpha value is -2.47. The SMILES string of the molecule is Cc1cc(C)c(Br)c(NC(=O)C2=CNC(=O)C[C@H]2c2ccc(F)cc2)c1. The van der Waals surface area contributed by atoms with Crippen LogP contribution in [0.3, 0.4) is 0 Å². The summed E-state index contributed by atoms with van der Waals surface area (Å²) in [4.78, 5) is 24.7. The van der Waals surface area contributed by atoms with Crippen molar-refractivity contribution in [2.75, 3.05) is 5.32 Å². The van der Waals surface area contributed by atoms with Crippen molar-refractivity contribution in [3.8, 4) is 0 Å². The number of nitrogens with one attached hydrogen (secondary N) is 2. The van der Waals surface area contributed by atoms with Gasteiger partial charge in [0.05, 0.1) is 5.69 Å². The summed E-state index contributed by atoms with van der Waals surface area (Å²) >= 11 is 3.50. The first-order chi connectivity index (χ1) is 12.3. The molecule has 0 aromatic heterocycles. The molecule has 134 valence electrons. The van der Waals surface area contributed by atoms with Gasteiger partial charge in [0.2, 0.25) is 5.91 Å². The van der Waals surface area contributed by atoms with Gasteiger partial charge in [0, 0.05) is 28.6 Å². The van der Waals surface area contributed by atoms with E-state index in [0.717, 1.165) is 21.2 Å². The summed E-state index contributed by atoms with van der Waals surface area (Å²) in [6.07, 6.45) is 1.57. The molecule has 0 saturated heterocycles. The molecule has 2 aromatic rings. The number of hydrogen-bond acceptors (Lipinski definition) is 2. The zero-order valence-corrected chi connectivity index (χ0v) is 16.0. The van der Waals surface area contributed by atoms with E-state index in [1.165, 1.54) is 18.3 Å². The lowest BCUT2D eigenvalue weighted by atomic mass is 9.86. The van der Waals surface area contributed by atoms with Crippen molar-refractivity contribution in [1.29, 1.82) is 0 Å². The lowest BCUT2D eigenvalue weighted by Crippen LogP contribution is -2.32. The van der Waals surface area contributed by atoms with Crippen LogP contribution < -0.4 is 10.6 Å². The Labute approximate surface area is 159 Å². The maximum Gasteiger partial charge on any atom is 0.253 e. The van der Waals surface area contributed by atoms with Gasteiger partial charge in [0.25, 0.3) is 5.91 Å². The number of aryl methyl sites for hydroxylation is 2. The summed E-state index contributed by atoms with van der Waals surface area (Å²) in [7, 11) is 0. The summed E-state index contributed by atoms with van der Waals surface area (Å²) in [6.45, 7) is 3.91. The number of carbonyl (C=O) groups excluding carboxylic acids is 2. The minimum atomic E-state index is -0.422. The Morgan fingerprint density at radius 2 is 1.92 bits per heavy atom. The molecule has 0 radical (unpaired) electrons. The van der Waals surface area contributed by atoms with E-state index in [-0.39, 0.29) is 24.1 Å². The summed E-state index contributed by atoms with van der Waals surface area (Å²) in [5.74, 6) is -1.26. The molecule has 1 aliphatic heterocycles. The molecule has 26 heavy (non-hydrogen) atoms. The van der Waals surface area contributed by atoms with Gasteiger partial charge in [0.1, 0.15) is 5.82 Å². The van der Waals surface area contributed by atoms with Crippen LogP contribution in [0.25, 0.3) is 0 Å². The predicted molar refractivity (Wildman–Crippen MR) is 102 cm³/mol. The Morgan fingerprint density at radius 1 is 1.23 bits per heavy atom. The Kier molecular flexibility index (Phi) is 5.23. The topological polar surface area (TPSA) is 58.2 Å². The fraction of sp³-hybridized carbons (Fsp3) is 0.200. The third kappa shape index (κ3) is 3.85. The zero-order valence-electron chi connectivity index (χ0n) is 14.4. The molecule has 0 bridgehead atoms. The van der Waals surface area contributed by atoms with Gasteiger partial charge in [-0.1, -0.05) is 18.2 Å². The van der Waals surface area contributed by atoms with Crippen LogP contribution in [0.15, 0.2) is 52.6 Å².